The first kappa shape index (κ1) is 14.8. The maximum absolute atomic E-state index is 6.34. The van der Waals surface area contributed by atoms with Crippen molar-refractivity contribution in [1.29, 1.82) is 0 Å². The molecular formula is C18H34N2. The molecule has 1 aliphatic heterocycles. The third kappa shape index (κ3) is 2.66. The predicted molar refractivity (Wildman–Crippen MR) is 85.7 cm³/mol. The molecule has 2 atom stereocenters. The molecule has 20 heavy (non-hydrogen) atoms. The summed E-state index contributed by atoms with van der Waals surface area (Å²) in [5.74, 6) is 0.982. The smallest absolute Gasteiger partial charge is 0.0335 e. The Labute approximate surface area is 125 Å². The van der Waals surface area contributed by atoms with Gasteiger partial charge in [-0.05, 0) is 69.2 Å². The number of nitrogens with two attached hydrogens (primary N) is 1. The minimum atomic E-state index is 0.343. The summed E-state index contributed by atoms with van der Waals surface area (Å²) >= 11 is 0. The molecule has 3 aliphatic rings. The standard InChI is InChI=1S/C18H34N2/c1-17(2)9-11-18(14-19,12-10-17)20-13-5-7-15-6-3-4-8-16(15)20/h15-16H,3-14,19H2,1-2H3/t15-,16-/m1/s1. The minimum Gasteiger partial charge on any atom is -0.329 e. The molecule has 2 saturated carbocycles. The third-order valence-electron chi connectivity index (χ3n) is 6.77. The first-order valence-corrected chi connectivity index (χ1v) is 9.03. The molecule has 1 saturated heterocycles. The van der Waals surface area contributed by atoms with Crippen molar-refractivity contribution < 1.29 is 0 Å². The number of piperidine rings is 1. The molecule has 3 fully saturated rings. The van der Waals surface area contributed by atoms with Gasteiger partial charge >= 0.3 is 0 Å². The highest BCUT2D eigenvalue weighted by atomic mass is 15.2. The van der Waals surface area contributed by atoms with Crippen molar-refractivity contribution in [3.63, 3.8) is 0 Å². The highest BCUT2D eigenvalue weighted by Gasteiger charge is 2.47. The molecule has 2 nitrogen and oxygen atoms in total. The highest BCUT2D eigenvalue weighted by Crippen LogP contribution is 2.47. The van der Waals surface area contributed by atoms with E-state index in [0.29, 0.717) is 11.0 Å². The van der Waals surface area contributed by atoms with E-state index in [1.165, 1.54) is 70.8 Å². The summed E-state index contributed by atoms with van der Waals surface area (Å²) in [6.45, 7) is 7.07. The van der Waals surface area contributed by atoms with Gasteiger partial charge in [-0.1, -0.05) is 26.7 Å². The SMILES string of the molecule is CC1(C)CCC(CN)(N2CCC[C@H]3CCCC[C@H]32)CC1. The largest absolute Gasteiger partial charge is 0.329 e. The quantitative estimate of drug-likeness (QED) is 0.829. The van der Waals surface area contributed by atoms with Crippen molar-refractivity contribution in [2.75, 3.05) is 13.1 Å². The number of likely N-dealkylation sites (tertiary alicyclic amines) is 1. The van der Waals surface area contributed by atoms with Crippen LogP contribution in [0.25, 0.3) is 0 Å². The summed E-state index contributed by atoms with van der Waals surface area (Å²) in [6.07, 6.45) is 14.1. The summed E-state index contributed by atoms with van der Waals surface area (Å²) in [7, 11) is 0. The van der Waals surface area contributed by atoms with E-state index in [1.807, 2.05) is 0 Å². The van der Waals surface area contributed by atoms with Crippen LogP contribution in [0.1, 0.15) is 78.1 Å². The van der Waals surface area contributed by atoms with Crippen LogP contribution in [0.2, 0.25) is 0 Å². The van der Waals surface area contributed by atoms with Gasteiger partial charge in [-0.15, -0.1) is 0 Å². The fraction of sp³-hybridized carbons (Fsp3) is 1.00. The lowest BCUT2D eigenvalue weighted by atomic mass is 9.66. The van der Waals surface area contributed by atoms with Gasteiger partial charge in [0.2, 0.25) is 0 Å². The Morgan fingerprint density at radius 2 is 1.60 bits per heavy atom. The first-order valence-electron chi connectivity index (χ1n) is 9.03. The van der Waals surface area contributed by atoms with E-state index < -0.39 is 0 Å². The molecule has 1 heterocycles. The normalized spacial score (nSPS) is 37.4. The second-order valence-electron chi connectivity index (χ2n) is 8.54. The fourth-order valence-corrected chi connectivity index (χ4v) is 5.21. The molecule has 116 valence electrons. The van der Waals surface area contributed by atoms with Crippen molar-refractivity contribution in [2.24, 2.45) is 17.1 Å². The van der Waals surface area contributed by atoms with Crippen molar-refractivity contribution in [2.45, 2.75) is 89.6 Å². The average molecular weight is 278 g/mol. The molecule has 2 N–H and O–H groups in total. The number of hydrogen-bond acceptors (Lipinski definition) is 2. The Morgan fingerprint density at radius 3 is 2.30 bits per heavy atom. The maximum atomic E-state index is 6.34. The lowest BCUT2D eigenvalue weighted by molar-refractivity contribution is -0.0569. The third-order valence-corrected chi connectivity index (χ3v) is 6.77. The van der Waals surface area contributed by atoms with E-state index in [9.17, 15) is 0 Å². The van der Waals surface area contributed by atoms with Crippen LogP contribution in [0.15, 0.2) is 0 Å². The Morgan fingerprint density at radius 1 is 0.950 bits per heavy atom. The molecule has 0 bridgehead atoms. The zero-order valence-corrected chi connectivity index (χ0v) is 13.7. The van der Waals surface area contributed by atoms with Gasteiger partial charge in [-0.2, -0.15) is 0 Å². The molecule has 0 aromatic heterocycles. The molecular weight excluding hydrogens is 244 g/mol. The summed E-state index contributed by atoms with van der Waals surface area (Å²) < 4.78 is 0. The van der Waals surface area contributed by atoms with Crippen LogP contribution in [0.5, 0.6) is 0 Å². The zero-order valence-electron chi connectivity index (χ0n) is 13.7. The van der Waals surface area contributed by atoms with Gasteiger partial charge in [0, 0.05) is 18.1 Å². The van der Waals surface area contributed by atoms with Crippen molar-refractivity contribution in [3.8, 4) is 0 Å². The van der Waals surface area contributed by atoms with Crippen LogP contribution < -0.4 is 5.73 Å². The summed E-state index contributed by atoms with van der Waals surface area (Å²) in [5, 5.41) is 0. The van der Waals surface area contributed by atoms with E-state index in [0.717, 1.165) is 18.5 Å². The van der Waals surface area contributed by atoms with E-state index in [-0.39, 0.29) is 0 Å². The maximum Gasteiger partial charge on any atom is 0.0335 e. The average Bonchev–Trinajstić information content (AvgIpc) is 2.48. The van der Waals surface area contributed by atoms with Crippen LogP contribution in [-0.4, -0.2) is 29.6 Å². The molecule has 2 aliphatic carbocycles. The highest BCUT2D eigenvalue weighted by molar-refractivity contribution is 5.03. The van der Waals surface area contributed by atoms with Gasteiger partial charge in [-0.25, -0.2) is 0 Å². The van der Waals surface area contributed by atoms with Crippen LogP contribution in [0, 0.1) is 11.3 Å². The molecule has 0 spiro atoms. The Kier molecular flexibility index (Phi) is 4.16. The summed E-state index contributed by atoms with van der Waals surface area (Å²) in [6, 6.07) is 0.863. The Hall–Kier alpha value is -0.0800. The topological polar surface area (TPSA) is 29.3 Å². The van der Waals surface area contributed by atoms with E-state index in [1.54, 1.807) is 0 Å². The van der Waals surface area contributed by atoms with Crippen LogP contribution in [0.4, 0.5) is 0 Å². The zero-order chi connectivity index (χ0) is 14.2. The van der Waals surface area contributed by atoms with Crippen LogP contribution in [-0.2, 0) is 0 Å². The monoisotopic (exact) mass is 278 g/mol. The lowest BCUT2D eigenvalue weighted by Gasteiger charge is -2.56. The van der Waals surface area contributed by atoms with Crippen LogP contribution >= 0.6 is 0 Å². The second kappa shape index (κ2) is 5.61. The molecule has 0 unspecified atom stereocenters. The van der Waals surface area contributed by atoms with Gasteiger partial charge in [-0.3, -0.25) is 4.90 Å². The number of hydrogen-bond donors (Lipinski definition) is 1. The number of nitrogens with zero attached hydrogens (tertiary/aromatic N) is 1. The molecule has 0 aromatic carbocycles. The predicted octanol–water partition coefficient (Wildman–Crippen LogP) is 3.94. The van der Waals surface area contributed by atoms with Crippen molar-refractivity contribution >= 4 is 0 Å². The van der Waals surface area contributed by atoms with Gasteiger partial charge in [0.1, 0.15) is 0 Å². The Balaban J connectivity index is 1.77. The molecule has 2 heteroatoms. The number of fused-ring (bicyclic) bond motifs is 1. The molecule has 0 radical (unpaired) electrons. The number of rotatable bonds is 2. The second-order valence-corrected chi connectivity index (χ2v) is 8.54. The lowest BCUT2D eigenvalue weighted by Crippen LogP contribution is -2.63. The molecule has 0 amide bonds. The van der Waals surface area contributed by atoms with E-state index in [4.69, 9.17) is 5.73 Å². The van der Waals surface area contributed by atoms with Gasteiger partial charge in [0.15, 0.2) is 0 Å². The summed E-state index contributed by atoms with van der Waals surface area (Å²) in [4.78, 5) is 2.91. The Bertz CT molecular complexity index is 324. The van der Waals surface area contributed by atoms with Crippen molar-refractivity contribution in [3.05, 3.63) is 0 Å². The first-order chi connectivity index (χ1) is 9.56. The van der Waals surface area contributed by atoms with Gasteiger partial charge < -0.3 is 5.73 Å². The van der Waals surface area contributed by atoms with Crippen LogP contribution in [0.3, 0.4) is 0 Å². The van der Waals surface area contributed by atoms with Gasteiger partial charge in [0.05, 0.1) is 0 Å². The molecule has 3 rings (SSSR count). The minimum absolute atomic E-state index is 0.343. The summed E-state index contributed by atoms with van der Waals surface area (Å²) in [5.41, 5.74) is 7.22. The molecule has 0 aromatic rings. The van der Waals surface area contributed by atoms with E-state index >= 15 is 0 Å². The van der Waals surface area contributed by atoms with E-state index in [2.05, 4.69) is 18.7 Å². The fourth-order valence-electron chi connectivity index (χ4n) is 5.21. The van der Waals surface area contributed by atoms with Gasteiger partial charge in [0.25, 0.3) is 0 Å². The van der Waals surface area contributed by atoms with Crippen molar-refractivity contribution in [1.82, 2.24) is 4.90 Å².